The summed E-state index contributed by atoms with van der Waals surface area (Å²) in [5.41, 5.74) is 0. The molecular formula is C26H45F3N4O6. The van der Waals surface area contributed by atoms with Crippen molar-refractivity contribution in [2.75, 3.05) is 21.2 Å². The summed E-state index contributed by atoms with van der Waals surface area (Å²) in [4.78, 5) is 65.8. The average molecular weight is 567 g/mol. The summed E-state index contributed by atoms with van der Waals surface area (Å²) in [6.45, 7) is 12.0. The highest BCUT2D eigenvalue weighted by atomic mass is 19.4. The van der Waals surface area contributed by atoms with Gasteiger partial charge in [0.05, 0.1) is 7.11 Å². The first kappa shape index (κ1) is 36.1. The quantitative estimate of drug-likeness (QED) is 0.311. The van der Waals surface area contributed by atoms with Crippen LogP contribution >= 0.6 is 0 Å². The van der Waals surface area contributed by atoms with Crippen molar-refractivity contribution < 1.29 is 41.9 Å². The summed E-state index contributed by atoms with van der Waals surface area (Å²) in [5.74, 6) is -5.58. The van der Waals surface area contributed by atoms with E-state index in [0.29, 0.717) is 12.8 Å². The summed E-state index contributed by atoms with van der Waals surface area (Å²) >= 11 is 0. The molecule has 0 aliphatic rings. The van der Waals surface area contributed by atoms with Gasteiger partial charge in [-0.15, -0.1) is 0 Å². The Hall–Kier alpha value is -2.86. The molecule has 0 unspecified atom stereocenters. The van der Waals surface area contributed by atoms with Crippen molar-refractivity contribution in [1.29, 1.82) is 0 Å². The number of hydrogen-bond donors (Lipinski definition) is 2. The number of esters is 1. The molecule has 0 fully saturated rings. The Bertz CT molecular complexity index is 865. The summed E-state index contributed by atoms with van der Waals surface area (Å²) < 4.78 is 43.4. The molecule has 0 saturated heterocycles. The Kier molecular flexibility index (Phi) is 14.5. The minimum Gasteiger partial charge on any atom is -0.467 e. The van der Waals surface area contributed by atoms with E-state index >= 15 is 0 Å². The van der Waals surface area contributed by atoms with E-state index in [1.807, 2.05) is 27.7 Å². The van der Waals surface area contributed by atoms with Crippen LogP contribution in [0.4, 0.5) is 13.2 Å². The first-order chi connectivity index (χ1) is 17.8. The second kappa shape index (κ2) is 15.7. The number of halogens is 3. The average Bonchev–Trinajstić information content (AvgIpc) is 2.85. The second-order valence-corrected chi connectivity index (χ2v) is 10.8. The van der Waals surface area contributed by atoms with Gasteiger partial charge >= 0.3 is 18.1 Å². The molecule has 13 heteroatoms. The van der Waals surface area contributed by atoms with Crippen LogP contribution in [0, 0.1) is 17.8 Å². The molecule has 0 rings (SSSR count). The number of nitrogens with zero attached hydrogens (tertiary/aromatic N) is 2. The van der Waals surface area contributed by atoms with Crippen LogP contribution in [-0.2, 0) is 28.7 Å². The zero-order valence-corrected chi connectivity index (χ0v) is 24.6. The van der Waals surface area contributed by atoms with Gasteiger partial charge in [-0.1, -0.05) is 48.0 Å². The summed E-state index contributed by atoms with van der Waals surface area (Å²) in [5, 5.41) is 4.41. The fourth-order valence-electron chi connectivity index (χ4n) is 3.91. The van der Waals surface area contributed by atoms with E-state index in [2.05, 4.69) is 5.32 Å². The predicted molar refractivity (Wildman–Crippen MR) is 139 cm³/mol. The SMILES string of the molecule is CC[C@H](C)[C@@H](NC(=O)C(F)(F)F)C(=O)N(C)[C@@H](C)C(=O)N(C)[C@@H](CC(C)C)C(=O)N[C@@H](CC(C)C)C(=O)OC. The molecule has 0 spiro atoms. The number of ether oxygens (including phenoxy) is 1. The lowest BCUT2D eigenvalue weighted by Gasteiger charge is -2.36. The molecule has 39 heavy (non-hydrogen) atoms. The fourth-order valence-corrected chi connectivity index (χ4v) is 3.91. The highest BCUT2D eigenvalue weighted by molar-refractivity contribution is 5.95. The van der Waals surface area contributed by atoms with Crippen LogP contribution < -0.4 is 10.6 Å². The number of rotatable bonds is 14. The molecule has 0 aromatic carbocycles. The van der Waals surface area contributed by atoms with Gasteiger partial charge < -0.3 is 25.2 Å². The first-order valence-corrected chi connectivity index (χ1v) is 13.1. The number of nitrogens with one attached hydrogen (secondary N) is 2. The number of amides is 4. The smallest absolute Gasteiger partial charge is 0.467 e. The van der Waals surface area contributed by atoms with Gasteiger partial charge in [0.25, 0.3) is 0 Å². The molecule has 0 bridgehead atoms. The molecular weight excluding hydrogens is 521 g/mol. The summed E-state index contributed by atoms with van der Waals surface area (Å²) in [7, 11) is 3.85. The normalized spacial score (nSPS) is 15.6. The monoisotopic (exact) mass is 566 g/mol. The third kappa shape index (κ3) is 11.0. The second-order valence-electron chi connectivity index (χ2n) is 10.8. The highest BCUT2D eigenvalue weighted by Crippen LogP contribution is 2.20. The number of methoxy groups -OCH3 is 1. The van der Waals surface area contributed by atoms with Crippen molar-refractivity contribution in [2.45, 2.75) is 98.1 Å². The number of alkyl halides is 3. The Morgan fingerprint density at radius 2 is 1.33 bits per heavy atom. The summed E-state index contributed by atoms with van der Waals surface area (Å²) in [6.07, 6.45) is -4.33. The van der Waals surface area contributed by atoms with E-state index in [0.717, 1.165) is 4.90 Å². The van der Waals surface area contributed by atoms with Crippen LogP contribution in [0.15, 0.2) is 0 Å². The molecule has 0 aromatic rings. The third-order valence-electron chi connectivity index (χ3n) is 6.63. The topological polar surface area (TPSA) is 125 Å². The van der Waals surface area contributed by atoms with Gasteiger partial charge in [-0.25, -0.2) is 4.79 Å². The van der Waals surface area contributed by atoms with Crippen molar-refractivity contribution in [3.05, 3.63) is 0 Å². The zero-order chi connectivity index (χ0) is 30.8. The maximum Gasteiger partial charge on any atom is 0.471 e. The lowest BCUT2D eigenvalue weighted by molar-refractivity contribution is -0.175. The van der Waals surface area contributed by atoms with Crippen molar-refractivity contribution in [3.63, 3.8) is 0 Å². The first-order valence-electron chi connectivity index (χ1n) is 13.1. The Morgan fingerprint density at radius 1 is 0.821 bits per heavy atom. The minimum absolute atomic E-state index is 0.0280. The van der Waals surface area contributed by atoms with Crippen LogP contribution in [0.3, 0.4) is 0 Å². The maximum atomic E-state index is 13.4. The molecule has 0 aliphatic carbocycles. The van der Waals surface area contributed by atoms with E-state index in [1.54, 1.807) is 12.2 Å². The number of hydrogen-bond acceptors (Lipinski definition) is 6. The van der Waals surface area contributed by atoms with Crippen molar-refractivity contribution in [2.24, 2.45) is 17.8 Å². The van der Waals surface area contributed by atoms with Gasteiger partial charge in [-0.3, -0.25) is 19.2 Å². The van der Waals surface area contributed by atoms with Gasteiger partial charge in [0, 0.05) is 14.1 Å². The van der Waals surface area contributed by atoms with E-state index in [-0.39, 0.29) is 18.3 Å². The fraction of sp³-hybridized carbons (Fsp3) is 0.808. The van der Waals surface area contributed by atoms with E-state index in [1.165, 1.54) is 40.0 Å². The summed E-state index contributed by atoms with van der Waals surface area (Å²) in [6, 6.07) is -4.61. The van der Waals surface area contributed by atoms with Gasteiger partial charge in [-0.05, 0) is 37.5 Å². The molecule has 0 saturated carbocycles. The Morgan fingerprint density at radius 3 is 1.74 bits per heavy atom. The lowest BCUT2D eigenvalue weighted by Crippen LogP contribution is -2.59. The van der Waals surface area contributed by atoms with Crippen LogP contribution in [0.25, 0.3) is 0 Å². The van der Waals surface area contributed by atoms with Crippen LogP contribution in [0.5, 0.6) is 0 Å². The molecule has 10 nitrogen and oxygen atoms in total. The maximum absolute atomic E-state index is 13.4. The van der Waals surface area contributed by atoms with Gasteiger partial charge in [0.2, 0.25) is 17.7 Å². The number of carbonyl (C=O) groups is 5. The largest absolute Gasteiger partial charge is 0.471 e. The number of carbonyl (C=O) groups excluding carboxylic acids is 5. The molecule has 5 atom stereocenters. The van der Waals surface area contributed by atoms with Gasteiger partial charge in [0.15, 0.2) is 0 Å². The Balaban J connectivity index is 5.94. The molecule has 2 N–H and O–H groups in total. The van der Waals surface area contributed by atoms with Crippen LogP contribution in [0.2, 0.25) is 0 Å². The molecule has 0 radical (unpaired) electrons. The highest BCUT2D eigenvalue weighted by Gasteiger charge is 2.43. The Labute approximate surface area is 229 Å². The predicted octanol–water partition coefficient (Wildman–Crippen LogP) is 2.50. The van der Waals surface area contributed by atoms with Crippen molar-refractivity contribution >= 4 is 29.6 Å². The molecule has 226 valence electrons. The van der Waals surface area contributed by atoms with Crippen LogP contribution in [-0.4, -0.2) is 90.9 Å². The molecule has 0 aliphatic heterocycles. The molecule has 0 aromatic heterocycles. The van der Waals surface area contributed by atoms with Crippen molar-refractivity contribution in [3.8, 4) is 0 Å². The standard InChI is InChI=1S/C26H45F3N4O6/c1-11-16(6)20(31-25(38)26(27,28)29)23(36)32(8)17(7)22(35)33(9)19(13-15(4)5)21(34)30-18(12-14(2)3)24(37)39-10/h14-20H,11-13H2,1-10H3,(H,30,34)(H,31,38)/t16-,17-,18-,19-,20+/m0/s1. The van der Waals surface area contributed by atoms with E-state index in [9.17, 15) is 37.1 Å². The van der Waals surface area contributed by atoms with Crippen molar-refractivity contribution in [1.82, 2.24) is 20.4 Å². The lowest BCUT2D eigenvalue weighted by atomic mass is 9.97. The van der Waals surface area contributed by atoms with Crippen LogP contribution in [0.1, 0.15) is 67.7 Å². The molecule has 0 heterocycles. The molecule has 4 amide bonds. The van der Waals surface area contributed by atoms with E-state index < -0.39 is 65.9 Å². The minimum atomic E-state index is -5.18. The number of likely N-dealkylation sites (N-methyl/N-ethyl adjacent to an activating group) is 2. The third-order valence-corrected chi connectivity index (χ3v) is 6.63. The van der Waals surface area contributed by atoms with E-state index in [4.69, 9.17) is 4.74 Å². The van der Waals surface area contributed by atoms with Gasteiger partial charge in [0.1, 0.15) is 24.2 Å². The van der Waals surface area contributed by atoms with Gasteiger partial charge in [-0.2, -0.15) is 13.2 Å². The zero-order valence-electron chi connectivity index (χ0n) is 24.6.